The number of fused-ring (bicyclic) bond motifs is 1. The predicted molar refractivity (Wildman–Crippen MR) is 70.7 cm³/mol. The third-order valence-electron chi connectivity index (χ3n) is 2.53. The molecular weight excluding hydrogens is 339 g/mol. The minimum absolute atomic E-state index is 0.417. The zero-order chi connectivity index (χ0) is 14.0. The number of hydrogen-bond acceptors (Lipinski definition) is 5. The monoisotopic (exact) mass is 348 g/mol. The van der Waals surface area contributed by atoms with E-state index in [0.717, 1.165) is 7.11 Å². The number of ether oxygens (including phenoxy) is 3. The minimum Gasteiger partial charge on any atom is -0.486 e. The highest BCUT2D eigenvalue weighted by Crippen LogP contribution is 2.41. The number of hydrogen-bond donors (Lipinski definition) is 0. The lowest BCUT2D eigenvalue weighted by Gasteiger charge is -2.21. The molecule has 1 unspecified atom stereocenters. The van der Waals surface area contributed by atoms with Crippen LogP contribution >= 0.6 is 27.5 Å². The number of carbonyl (C=O) groups is 2. The molecule has 102 valence electrons. The number of halogens is 2. The summed E-state index contributed by atoms with van der Waals surface area (Å²) >= 11 is 9.29. The lowest BCUT2D eigenvalue weighted by molar-refractivity contribution is -0.151. The second-order valence-electron chi connectivity index (χ2n) is 3.75. The first kappa shape index (κ1) is 14.1. The van der Waals surface area contributed by atoms with Gasteiger partial charge in [0.05, 0.1) is 11.6 Å². The van der Waals surface area contributed by atoms with Crippen LogP contribution in [0.15, 0.2) is 16.6 Å². The fraction of sp³-hybridized carbons (Fsp3) is 0.333. The number of carbonyl (C=O) groups excluding carboxylic acids is 2. The van der Waals surface area contributed by atoms with Crippen LogP contribution in [0.1, 0.15) is 10.9 Å². The maximum Gasteiger partial charge on any atom is 0.376 e. The third kappa shape index (κ3) is 2.84. The Hall–Kier alpha value is -1.27. The van der Waals surface area contributed by atoms with Crippen molar-refractivity contribution in [3.05, 3.63) is 22.2 Å². The van der Waals surface area contributed by atoms with Crippen molar-refractivity contribution in [2.45, 2.75) is 5.38 Å². The van der Waals surface area contributed by atoms with Crippen molar-refractivity contribution in [3.63, 3.8) is 0 Å². The zero-order valence-electron chi connectivity index (χ0n) is 9.94. The largest absolute Gasteiger partial charge is 0.486 e. The number of rotatable bonds is 3. The summed E-state index contributed by atoms with van der Waals surface area (Å²) in [5, 5.41) is -1.13. The van der Waals surface area contributed by atoms with Crippen molar-refractivity contribution >= 4 is 39.3 Å². The Balaban J connectivity index is 2.33. The smallest absolute Gasteiger partial charge is 0.376 e. The molecule has 1 aromatic carbocycles. The summed E-state index contributed by atoms with van der Waals surface area (Å²) in [7, 11) is 1.13. The summed E-state index contributed by atoms with van der Waals surface area (Å²) < 4.78 is 15.8. The predicted octanol–water partition coefficient (Wildman–Crippen LogP) is 2.24. The van der Waals surface area contributed by atoms with Crippen molar-refractivity contribution < 1.29 is 23.8 Å². The lowest BCUT2D eigenvalue weighted by atomic mass is 10.1. The summed E-state index contributed by atoms with van der Waals surface area (Å²) in [5.41, 5.74) is 0.438. The van der Waals surface area contributed by atoms with Gasteiger partial charge in [-0.25, -0.2) is 4.79 Å². The molecule has 1 heterocycles. The SMILES string of the molecule is COC(=O)C(=O)C(Cl)c1cc(Br)c2c(c1)OCCO2. The van der Waals surface area contributed by atoms with Gasteiger partial charge >= 0.3 is 5.97 Å². The maximum absolute atomic E-state index is 11.7. The van der Waals surface area contributed by atoms with E-state index in [0.29, 0.717) is 34.7 Å². The van der Waals surface area contributed by atoms with E-state index < -0.39 is 17.1 Å². The van der Waals surface area contributed by atoms with Gasteiger partial charge in [-0.2, -0.15) is 0 Å². The second-order valence-corrected chi connectivity index (χ2v) is 5.04. The van der Waals surface area contributed by atoms with Gasteiger partial charge in [0, 0.05) is 0 Å². The first-order valence-corrected chi connectivity index (χ1v) is 6.62. The maximum atomic E-state index is 11.7. The topological polar surface area (TPSA) is 61.8 Å². The van der Waals surface area contributed by atoms with Crippen LogP contribution in [0.3, 0.4) is 0 Å². The number of esters is 1. The number of methoxy groups -OCH3 is 1. The third-order valence-corrected chi connectivity index (χ3v) is 3.57. The minimum atomic E-state index is -1.13. The average Bonchev–Trinajstić information content (AvgIpc) is 2.44. The van der Waals surface area contributed by atoms with Crippen molar-refractivity contribution in [2.75, 3.05) is 20.3 Å². The highest BCUT2D eigenvalue weighted by Gasteiger charge is 2.28. The molecule has 5 nitrogen and oxygen atoms in total. The Morgan fingerprint density at radius 3 is 2.74 bits per heavy atom. The zero-order valence-corrected chi connectivity index (χ0v) is 12.3. The van der Waals surface area contributed by atoms with E-state index in [4.69, 9.17) is 21.1 Å². The molecule has 0 aliphatic carbocycles. The molecule has 0 N–H and O–H groups in total. The summed E-state index contributed by atoms with van der Waals surface area (Å²) in [6, 6.07) is 3.20. The summed E-state index contributed by atoms with van der Waals surface area (Å²) in [4.78, 5) is 22.8. The summed E-state index contributed by atoms with van der Waals surface area (Å²) in [6.07, 6.45) is 0. The van der Waals surface area contributed by atoms with E-state index >= 15 is 0 Å². The highest BCUT2D eigenvalue weighted by molar-refractivity contribution is 9.10. The number of benzene rings is 1. The molecule has 0 radical (unpaired) electrons. The second kappa shape index (κ2) is 5.79. The number of Topliss-reactive ketones (excluding diaryl/α,β-unsaturated/α-hetero) is 1. The molecule has 0 fully saturated rings. The van der Waals surface area contributed by atoms with Crippen LogP contribution in [0.5, 0.6) is 11.5 Å². The Bertz CT molecular complexity index is 531. The molecule has 1 atom stereocenters. The van der Waals surface area contributed by atoms with Crippen molar-refractivity contribution in [2.24, 2.45) is 0 Å². The molecule has 1 aliphatic rings. The van der Waals surface area contributed by atoms with E-state index in [1.807, 2.05) is 0 Å². The van der Waals surface area contributed by atoms with Crippen LogP contribution in [0.25, 0.3) is 0 Å². The number of alkyl halides is 1. The van der Waals surface area contributed by atoms with Crippen molar-refractivity contribution in [3.8, 4) is 11.5 Å². The Kier molecular flexibility index (Phi) is 4.31. The molecule has 1 aromatic rings. The molecule has 2 rings (SSSR count). The quantitative estimate of drug-likeness (QED) is 0.476. The molecule has 7 heteroatoms. The summed E-state index contributed by atoms with van der Waals surface area (Å²) in [5.74, 6) is -0.762. The molecule has 0 spiro atoms. The van der Waals surface area contributed by atoms with E-state index in [2.05, 4.69) is 20.7 Å². The first-order chi connectivity index (χ1) is 9.04. The van der Waals surface area contributed by atoms with E-state index in [1.165, 1.54) is 0 Å². The van der Waals surface area contributed by atoms with Crippen LogP contribution in [-0.2, 0) is 14.3 Å². The van der Waals surface area contributed by atoms with Crippen molar-refractivity contribution in [1.82, 2.24) is 0 Å². The molecule has 0 amide bonds. The van der Waals surface area contributed by atoms with E-state index in [-0.39, 0.29) is 0 Å². The van der Waals surface area contributed by atoms with E-state index in [1.54, 1.807) is 12.1 Å². The highest BCUT2D eigenvalue weighted by atomic mass is 79.9. The normalized spacial score (nSPS) is 14.7. The van der Waals surface area contributed by atoms with Gasteiger partial charge in [0.25, 0.3) is 5.78 Å². The Labute approximate surface area is 122 Å². The first-order valence-electron chi connectivity index (χ1n) is 5.40. The molecule has 0 aromatic heterocycles. The van der Waals surface area contributed by atoms with Crippen LogP contribution in [0, 0.1) is 0 Å². The van der Waals surface area contributed by atoms with E-state index in [9.17, 15) is 9.59 Å². The standard InChI is InChI=1S/C12H10BrClO5/c1-17-12(16)10(15)9(14)6-4-7(13)11-8(5-6)18-2-3-19-11/h4-5,9H,2-3H2,1H3. The molecule has 19 heavy (non-hydrogen) atoms. The molecular formula is C12H10BrClO5. The molecule has 0 bridgehead atoms. The summed E-state index contributed by atoms with van der Waals surface area (Å²) in [6.45, 7) is 0.872. The number of ketones is 1. The van der Waals surface area contributed by atoms with Gasteiger partial charge in [0.2, 0.25) is 0 Å². The fourth-order valence-electron chi connectivity index (χ4n) is 1.63. The van der Waals surface area contributed by atoms with Gasteiger partial charge in [0.1, 0.15) is 18.6 Å². The fourth-order valence-corrected chi connectivity index (χ4v) is 2.42. The van der Waals surface area contributed by atoms with Gasteiger partial charge in [-0.05, 0) is 33.6 Å². The van der Waals surface area contributed by atoms with Gasteiger partial charge < -0.3 is 14.2 Å². The van der Waals surface area contributed by atoms with Crippen LogP contribution < -0.4 is 9.47 Å². The Morgan fingerprint density at radius 2 is 2.05 bits per heavy atom. The Morgan fingerprint density at radius 1 is 1.37 bits per heavy atom. The van der Waals surface area contributed by atoms with Gasteiger partial charge in [0.15, 0.2) is 11.5 Å². The van der Waals surface area contributed by atoms with Crippen LogP contribution in [0.2, 0.25) is 0 Å². The van der Waals surface area contributed by atoms with Gasteiger partial charge in [-0.1, -0.05) is 0 Å². The average molecular weight is 350 g/mol. The molecule has 0 saturated carbocycles. The van der Waals surface area contributed by atoms with Gasteiger partial charge in [-0.15, -0.1) is 11.6 Å². The van der Waals surface area contributed by atoms with Crippen LogP contribution in [0.4, 0.5) is 0 Å². The molecule has 1 aliphatic heterocycles. The van der Waals surface area contributed by atoms with Gasteiger partial charge in [-0.3, -0.25) is 4.79 Å². The molecule has 0 saturated heterocycles. The van der Waals surface area contributed by atoms with Crippen LogP contribution in [-0.4, -0.2) is 32.1 Å². The van der Waals surface area contributed by atoms with Crippen molar-refractivity contribution in [1.29, 1.82) is 0 Å². The lowest BCUT2D eigenvalue weighted by Crippen LogP contribution is -2.21.